The summed E-state index contributed by atoms with van der Waals surface area (Å²) in [7, 11) is 0. The lowest BCUT2D eigenvalue weighted by Crippen LogP contribution is -2.35. The molecule has 0 saturated heterocycles. The molecule has 0 saturated carbocycles. The number of hydrogen-bond donors (Lipinski definition) is 1. The van der Waals surface area contributed by atoms with Crippen LogP contribution in [-0.2, 0) is 0 Å². The zero-order valence-corrected chi connectivity index (χ0v) is 12.8. The Hall–Kier alpha value is -1.40. The van der Waals surface area contributed by atoms with E-state index in [9.17, 15) is 13.2 Å². The van der Waals surface area contributed by atoms with E-state index in [-0.39, 0.29) is 5.56 Å². The van der Waals surface area contributed by atoms with E-state index in [1.54, 1.807) is 25.1 Å². The molecular weight excluding hydrogens is 297 g/mol. The van der Waals surface area contributed by atoms with Gasteiger partial charge in [-0.1, -0.05) is 30.3 Å². The van der Waals surface area contributed by atoms with Gasteiger partial charge in [0.15, 0.2) is 0 Å². The van der Waals surface area contributed by atoms with Gasteiger partial charge in [-0.2, -0.15) is 13.2 Å². The first-order chi connectivity index (χ1) is 9.79. The maximum atomic E-state index is 13.3. The van der Waals surface area contributed by atoms with Crippen molar-refractivity contribution in [2.24, 2.45) is 0 Å². The summed E-state index contributed by atoms with van der Waals surface area (Å²) in [6.07, 6.45) is -4.34. The number of aromatic nitrogens is 1. The summed E-state index contributed by atoms with van der Waals surface area (Å²) in [4.78, 5) is 5.12. The Kier molecular flexibility index (Phi) is 4.68. The number of benzene rings is 1. The molecule has 0 amide bonds. The first kappa shape index (κ1) is 16.0. The molecule has 0 aliphatic rings. The summed E-state index contributed by atoms with van der Waals surface area (Å²) in [5, 5.41) is 3.55. The molecule has 21 heavy (non-hydrogen) atoms. The molecule has 0 radical (unpaired) electrons. The van der Waals surface area contributed by atoms with Crippen LogP contribution in [0.4, 0.5) is 13.2 Å². The van der Waals surface area contributed by atoms with Crippen LogP contribution in [0, 0.1) is 13.8 Å². The third kappa shape index (κ3) is 3.83. The van der Waals surface area contributed by atoms with Gasteiger partial charge in [0, 0.05) is 10.9 Å². The second-order valence-electron chi connectivity index (χ2n) is 4.96. The molecule has 0 spiro atoms. The zero-order chi connectivity index (χ0) is 15.6. The predicted molar refractivity (Wildman–Crippen MR) is 78.4 cm³/mol. The molecule has 2 unspecified atom stereocenters. The van der Waals surface area contributed by atoms with Crippen molar-refractivity contribution >= 4 is 11.3 Å². The fraction of sp³-hybridized carbons (Fsp3) is 0.400. The molecule has 1 heterocycles. The Morgan fingerprint density at radius 2 is 1.76 bits per heavy atom. The van der Waals surface area contributed by atoms with Crippen LogP contribution < -0.4 is 5.32 Å². The molecule has 1 N–H and O–H groups in total. The van der Waals surface area contributed by atoms with E-state index < -0.39 is 18.3 Å². The highest BCUT2D eigenvalue weighted by molar-refractivity contribution is 7.11. The summed E-state index contributed by atoms with van der Waals surface area (Å²) < 4.78 is 39.9. The average molecular weight is 314 g/mol. The van der Waals surface area contributed by atoms with Crippen LogP contribution in [0.25, 0.3) is 0 Å². The fourth-order valence-electron chi connectivity index (χ4n) is 2.30. The van der Waals surface area contributed by atoms with Gasteiger partial charge in [-0.15, -0.1) is 11.3 Å². The van der Waals surface area contributed by atoms with E-state index in [4.69, 9.17) is 0 Å². The first-order valence-corrected chi connectivity index (χ1v) is 7.42. The van der Waals surface area contributed by atoms with Gasteiger partial charge in [-0.3, -0.25) is 5.32 Å². The highest BCUT2D eigenvalue weighted by Gasteiger charge is 2.41. The number of nitrogens with one attached hydrogen (secondary N) is 1. The summed E-state index contributed by atoms with van der Waals surface area (Å²) in [6, 6.07) is 5.81. The largest absolute Gasteiger partial charge is 0.407 e. The number of halogens is 3. The topological polar surface area (TPSA) is 24.9 Å². The molecule has 2 nitrogen and oxygen atoms in total. The molecule has 0 aliphatic heterocycles. The molecular formula is C15H17F3N2S. The third-order valence-electron chi connectivity index (χ3n) is 3.21. The summed E-state index contributed by atoms with van der Waals surface area (Å²) in [5.74, 6) is 0. The van der Waals surface area contributed by atoms with Crippen molar-refractivity contribution in [3.05, 3.63) is 51.5 Å². The summed E-state index contributed by atoms with van der Waals surface area (Å²) >= 11 is 1.43. The summed E-state index contributed by atoms with van der Waals surface area (Å²) in [5.41, 5.74) is 1.00. The Balaban J connectivity index is 2.26. The van der Waals surface area contributed by atoms with Gasteiger partial charge in [0.05, 0.1) is 10.7 Å². The van der Waals surface area contributed by atoms with Crippen LogP contribution in [0.3, 0.4) is 0 Å². The number of aryl methyl sites for hydroxylation is 2. The van der Waals surface area contributed by atoms with Crippen molar-refractivity contribution in [2.45, 2.75) is 39.0 Å². The van der Waals surface area contributed by atoms with Crippen LogP contribution >= 0.6 is 11.3 Å². The van der Waals surface area contributed by atoms with Gasteiger partial charge in [0.2, 0.25) is 0 Å². The normalized spacial score (nSPS) is 15.0. The third-order valence-corrected chi connectivity index (χ3v) is 4.47. The number of rotatable bonds is 4. The molecule has 114 valence electrons. The molecule has 2 rings (SSSR count). The van der Waals surface area contributed by atoms with E-state index in [0.29, 0.717) is 0 Å². The lowest BCUT2D eigenvalue weighted by atomic mass is 10.1. The van der Waals surface area contributed by atoms with E-state index in [2.05, 4.69) is 10.3 Å². The highest BCUT2D eigenvalue weighted by Crippen LogP contribution is 2.35. The molecule has 2 atom stereocenters. The molecule has 0 fully saturated rings. The van der Waals surface area contributed by atoms with Gasteiger partial charge in [0.25, 0.3) is 0 Å². The standard InChI is InChI=1S/C15H17F3N2S/c1-9-13(21-11(3)19-9)10(2)20-14(15(16,17)18)12-7-5-4-6-8-12/h4-8,10,14,20H,1-3H3. The second-order valence-corrected chi connectivity index (χ2v) is 6.19. The minimum absolute atomic E-state index is 0.218. The maximum absolute atomic E-state index is 13.3. The van der Waals surface area contributed by atoms with E-state index in [0.717, 1.165) is 15.6 Å². The SMILES string of the molecule is Cc1nc(C)c(C(C)NC(c2ccccc2)C(F)(F)F)s1. The molecule has 2 aromatic rings. The lowest BCUT2D eigenvalue weighted by molar-refractivity contribution is -0.159. The molecule has 6 heteroatoms. The van der Waals surface area contributed by atoms with Gasteiger partial charge < -0.3 is 0 Å². The number of nitrogens with zero attached hydrogens (tertiary/aromatic N) is 1. The van der Waals surface area contributed by atoms with Gasteiger partial charge >= 0.3 is 6.18 Å². The van der Waals surface area contributed by atoms with Crippen LogP contribution in [0.2, 0.25) is 0 Å². The van der Waals surface area contributed by atoms with Crippen LogP contribution in [-0.4, -0.2) is 11.2 Å². The molecule has 1 aromatic heterocycles. The Morgan fingerprint density at radius 3 is 2.24 bits per heavy atom. The Labute approximate surface area is 126 Å². The van der Waals surface area contributed by atoms with Crippen molar-refractivity contribution < 1.29 is 13.2 Å². The Bertz CT molecular complexity index is 593. The molecule has 1 aromatic carbocycles. The Morgan fingerprint density at radius 1 is 1.14 bits per heavy atom. The average Bonchev–Trinajstić information content (AvgIpc) is 2.74. The smallest absolute Gasteiger partial charge is 0.295 e. The van der Waals surface area contributed by atoms with E-state index >= 15 is 0 Å². The molecule has 0 bridgehead atoms. The van der Waals surface area contributed by atoms with Crippen LogP contribution in [0.15, 0.2) is 30.3 Å². The van der Waals surface area contributed by atoms with Crippen molar-refractivity contribution in [3.63, 3.8) is 0 Å². The van der Waals surface area contributed by atoms with Crippen molar-refractivity contribution in [1.29, 1.82) is 0 Å². The number of thiazole rings is 1. The minimum Gasteiger partial charge on any atom is -0.295 e. The number of hydrogen-bond acceptors (Lipinski definition) is 3. The molecule has 0 aliphatic carbocycles. The van der Waals surface area contributed by atoms with Gasteiger partial charge in [0.1, 0.15) is 6.04 Å². The van der Waals surface area contributed by atoms with Crippen molar-refractivity contribution in [2.75, 3.05) is 0 Å². The second kappa shape index (κ2) is 6.15. The first-order valence-electron chi connectivity index (χ1n) is 6.60. The number of alkyl halides is 3. The lowest BCUT2D eigenvalue weighted by Gasteiger charge is -2.25. The van der Waals surface area contributed by atoms with Crippen molar-refractivity contribution in [3.8, 4) is 0 Å². The van der Waals surface area contributed by atoms with Gasteiger partial charge in [-0.25, -0.2) is 4.98 Å². The van der Waals surface area contributed by atoms with Crippen molar-refractivity contribution in [1.82, 2.24) is 10.3 Å². The monoisotopic (exact) mass is 314 g/mol. The van der Waals surface area contributed by atoms with Gasteiger partial charge in [-0.05, 0) is 26.3 Å². The van der Waals surface area contributed by atoms with E-state index in [1.165, 1.54) is 23.5 Å². The highest BCUT2D eigenvalue weighted by atomic mass is 32.1. The predicted octanol–water partition coefficient (Wildman–Crippen LogP) is 4.71. The van der Waals surface area contributed by atoms with E-state index in [1.807, 2.05) is 13.8 Å². The zero-order valence-electron chi connectivity index (χ0n) is 12.0. The maximum Gasteiger partial charge on any atom is 0.407 e. The minimum atomic E-state index is -4.34. The van der Waals surface area contributed by atoms with Crippen LogP contribution in [0.1, 0.15) is 40.1 Å². The quantitative estimate of drug-likeness (QED) is 0.883. The fourth-order valence-corrected chi connectivity index (χ4v) is 3.24. The van der Waals surface area contributed by atoms with Crippen LogP contribution in [0.5, 0.6) is 0 Å². The summed E-state index contributed by atoms with van der Waals surface area (Å²) in [6.45, 7) is 5.41.